The van der Waals surface area contributed by atoms with Crippen molar-refractivity contribution in [3.8, 4) is 0 Å². The predicted octanol–water partition coefficient (Wildman–Crippen LogP) is 4.01. The molecule has 3 N–H and O–H groups in total. The monoisotopic (exact) mass is 351 g/mol. The largest absolute Gasteiger partial charge is 0.376 e. The summed E-state index contributed by atoms with van der Waals surface area (Å²) < 4.78 is 0. The molecule has 0 spiro atoms. The van der Waals surface area contributed by atoms with E-state index < -0.39 is 0 Å². The molecule has 2 amide bonds. The van der Waals surface area contributed by atoms with Gasteiger partial charge >= 0.3 is 0 Å². The Morgan fingerprint density at radius 2 is 1.69 bits per heavy atom. The predicted molar refractivity (Wildman–Crippen MR) is 106 cm³/mol. The molecule has 26 heavy (non-hydrogen) atoms. The maximum atomic E-state index is 12.2. The van der Waals surface area contributed by atoms with E-state index in [4.69, 9.17) is 0 Å². The fourth-order valence-corrected chi connectivity index (χ4v) is 2.74. The van der Waals surface area contributed by atoms with Gasteiger partial charge in [-0.05, 0) is 74.6 Å². The second-order valence-corrected chi connectivity index (χ2v) is 6.94. The highest BCUT2D eigenvalue weighted by Gasteiger charge is 2.29. The van der Waals surface area contributed by atoms with Gasteiger partial charge in [0.15, 0.2) is 0 Å². The van der Waals surface area contributed by atoms with E-state index in [9.17, 15) is 9.59 Å². The number of carbonyl (C=O) groups excluding carboxylic acids is 2. The van der Waals surface area contributed by atoms with E-state index in [-0.39, 0.29) is 24.3 Å². The molecule has 5 nitrogen and oxygen atoms in total. The number of hydrogen-bond donors (Lipinski definition) is 3. The van der Waals surface area contributed by atoms with Crippen LogP contribution in [-0.2, 0) is 9.59 Å². The van der Waals surface area contributed by atoms with Crippen LogP contribution in [0.25, 0.3) is 0 Å². The van der Waals surface area contributed by atoms with Crippen molar-refractivity contribution in [2.24, 2.45) is 5.92 Å². The molecule has 0 atom stereocenters. The summed E-state index contributed by atoms with van der Waals surface area (Å²) in [6.07, 6.45) is 1.95. The van der Waals surface area contributed by atoms with Crippen LogP contribution < -0.4 is 16.0 Å². The smallest absolute Gasteiger partial charge is 0.243 e. The molecular weight excluding hydrogens is 326 g/mol. The molecule has 0 aromatic heterocycles. The van der Waals surface area contributed by atoms with Crippen LogP contribution in [0.5, 0.6) is 0 Å². The van der Waals surface area contributed by atoms with Crippen LogP contribution in [-0.4, -0.2) is 18.4 Å². The Kier molecular flexibility index (Phi) is 5.26. The molecule has 0 saturated heterocycles. The highest BCUT2D eigenvalue weighted by Crippen LogP contribution is 2.31. The number of nitrogens with one attached hydrogen (secondary N) is 3. The van der Waals surface area contributed by atoms with Crippen LogP contribution >= 0.6 is 0 Å². The number of benzene rings is 2. The Morgan fingerprint density at radius 1 is 0.962 bits per heavy atom. The lowest BCUT2D eigenvalue weighted by Crippen LogP contribution is -2.22. The molecule has 0 radical (unpaired) electrons. The van der Waals surface area contributed by atoms with Crippen molar-refractivity contribution in [2.45, 2.75) is 33.6 Å². The highest BCUT2D eigenvalue weighted by molar-refractivity contribution is 5.96. The van der Waals surface area contributed by atoms with E-state index in [0.29, 0.717) is 0 Å². The number of aryl methyl sites for hydroxylation is 2. The first-order chi connectivity index (χ1) is 12.4. The highest BCUT2D eigenvalue weighted by atomic mass is 16.2. The summed E-state index contributed by atoms with van der Waals surface area (Å²) in [6.45, 7) is 6.16. The number of anilines is 3. The third-order valence-corrected chi connectivity index (χ3v) is 4.77. The van der Waals surface area contributed by atoms with Crippen molar-refractivity contribution in [1.29, 1.82) is 0 Å². The molecule has 3 rings (SSSR count). The average molecular weight is 351 g/mol. The molecule has 0 aliphatic heterocycles. The molecule has 1 aliphatic rings. The zero-order valence-corrected chi connectivity index (χ0v) is 15.5. The molecule has 0 unspecified atom stereocenters. The van der Waals surface area contributed by atoms with Crippen LogP contribution in [0.3, 0.4) is 0 Å². The van der Waals surface area contributed by atoms with Crippen LogP contribution in [0.4, 0.5) is 17.1 Å². The van der Waals surface area contributed by atoms with Gasteiger partial charge in [-0.2, -0.15) is 0 Å². The van der Waals surface area contributed by atoms with E-state index in [1.165, 1.54) is 5.56 Å². The summed E-state index contributed by atoms with van der Waals surface area (Å²) in [5, 5.41) is 9.02. The summed E-state index contributed by atoms with van der Waals surface area (Å²) >= 11 is 0. The standard InChI is InChI=1S/C21H25N3O2/c1-13-7-10-17(11-14(13)2)23-20(25)12-22-18-5-4-6-19(15(18)3)24-21(26)16-8-9-16/h4-7,10-11,16,22H,8-9,12H2,1-3H3,(H,23,25)(H,24,26). The minimum absolute atomic E-state index is 0.0812. The third-order valence-electron chi connectivity index (χ3n) is 4.77. The van der Waals surface area contributed by atoms with Gasteiger partial charge in [-0.25, -0.2) is 0 Å². The lowest BCUT2D eigenvalue weighted by Gasteiger charge is -2.14. The van der Waals surface area contributed by atoms with Gasteiger partial charge in [-0.1, -0.05) is 12.1 Å². The Hall–Kier alpha value is -2.82. The fraction of sp³-hybridized carbons (Fsp3) is 0.333. The van der Waals surface area contributed by atoms with Gasteiger partial charge in [-0.15, -0.1) is 0 Å². The van der Waals surface area contributed by atoms with E-state index in [2.05, 4.69) is 16.0 Å². The maximum absolute atomic E-state index is 12.2. The second-order valence-electron chi connectivity index (χ2n) is 6.94. The Bertz CT molecular complexity index is 841. The lowest BCUT2D eigenvalue weighted by molar-refractivity contribution is -0.117. The van der Waals surface area contributed by atoms with Crippen LogP contribution in [0.15, 0.2) is 36.4 Å². The Labute approximate surface area is 154 Å². The first-order valence-corrected chi connectivity index (χ1v) is 8.95. The molecular formula is C21H25N3O2. The zero-order chi connectivity index (χ0) is 18.7. The molecule has 2 aromatic rings. The molecule has 0 heterocycles. The van der Waals surface area contributed by atoms with E-state index in [1.807, 2.05) is 57.2 Å². The number of hydrogen-bond acceptors (Lipinski definition) is 3. The van der Waals surface area contributed by atoms with Gasteiger partial charge in [-0.3, -0.25) is 9.59 Å². The van der Waals surface area contributed by atoms with Gasteiger partial charge in [0.05, 0.1) is 6.54 Å². The van der Waals surface area contributed by atoms with Crippen LogP contribution in [0, 0.1) is 26.7 Å². The van der Waals surface area contributed by atoms with Crippen LogP contribution in [0.1, 0.15) is 29.5 Å². The number of carbonyl (C=O) groups is 2. The minimum Gasteiger partial charge on any atom is -0.376 e. The summed E-state index contributed by atoms with van der Waals surface area (Å²) in [7, 11) is 0. The first-order valence-electron chi connectivity index (χ1n) is 8.95. The molecule has 1 saturated carbocycles. The maximum Gasteiger partial charge on any atom is 0.243 e. The zero-order valence-electron chi connectivity index (χ0n) is 15.5. The van der Waals surface area contributed by atoms with Crippen molar-refractivity contribution < 1.29 is 9.59 Å². The SMILES string of the molecule is Cc1ccc(NC(=O)CNc2cccc(NC(=O)C3CC3)c2C)cc1C. The summed E-state index contributed by atoms with van der Waals surface area (Å²) in [5.74, 6) is 0.132. The van der Waals surface area contributed by atoms with Crippen molar-refractivity contribution in [1.82, 2.24) is 0 Å². The van der Waals surface area contributed by atoms with E-state index >= 15 is 0 Å². The fourth-order valence-electron chi connectivity index (χ4n) is 2.74. The molecule has 1 fully saturated rings. The Balaban J connectivity index is 1.59. The molecule has 136 valence electrons. The van der Waals surface area contributed by atoms with Gasteiger partial charge in [0.1, 0.15) is 0 Å². The van der Waals surface area contributed by atoms with Gasteiger partial charge in [0.25, 0.3) is 0 Å². The van der Waals surface area contributed by atoms with Crippen molar-refractivity contribution >= 4 is 28.9 Å². The van der Waals surface area contributed by atoms with Gasteiger partial charge < -0.3 is 16.0 Å². The number of amides is 2. The normalized spacial score (nSPS) is 13.2. The topological polar surface area (TPSA) is 70.2 Å². The van der Waals surface area contributed by atoms with Crippen LogP contribution in [0.2, 0.25) is 0 Å². The lowest BCUT2D eigenvalue weighted by atomic mass is 10.1. The van der Waals surface area contributed by atoms with Gasteiger partial charge in [0.2, 0.25) is 11.8 Å². The molecule has 5 heteroatoms. The van der Waals surface area contributed by atoms with Crippen molar-refractivity contribution in [3.05, 3.63) is 53.1 Å². The third kappa shape index (κ3) is 4.42. The van der Waals surface area contributed by atoms with E-state index in [1.54, 1.807) is 0 Å². The quantitative estimate of drug-likeness (QED) is 0.736. The molecule has 1 aliphatic carbocycles. The minimum atomic E-state index is -0.111. The second kappa shape index (κ2) is 7.60. The average Bonchev–Trinajstić information content (AvgIpc) is 3.44. The van der Waals surface area contributed by atoms with Crippen molar-refractivity contribution in [2.75, 3.05) is 22.5 Å². The summed E-state index contributed by atoms with van der Waals surface area (Å²) in [6, 6.07) is 11.5. The van der Waals surface area contributed by atoms with E-state index in [0.717, 1.165) is 41.0 Å². The number of rotatable bonds is 6. The van der Waals surface area contributed by atoms with Crippen molar-refractivity contribution in [3.63, 3.8) is 0 Å². The summed E-state index contributed by atoms with van der Waals surface area (Å²) in [4.78, 5) is 24.2. The van der Waals surface area contributed by atoms with Gasteiger partial charge in [0, 0.05) is 23.0 Å². The molecule has 2 aromatic carbocycles. The molecule has 0 bridgehead atoms. The summed E-state index contributed by atoms with van der Waals surface area (Å²) in [5.41, 5.74) is 5.70. The first kappa shape index (κ1) is 18.0. The Morgan fingerprint density at radius 3 is 2.38 bits per heavy atom.